The van der Waals surface area contributed by atoms with Crippen LogP contribution in [0.2, 0.25) is 0 Å². The summed E-state index contributed by atoms with van der Waals surface area (Å²) in [5.74, 6) is 0. The Hall–Kier alpha value is 0.779. The molecule has 4 heavy (non-hydrogen) atoms. The third-order valence-electron chi connectivity index (χ3n) is 0. The van der Waals surface area contributed by atoms with E-state index in [9.17, 15) is 0 Å². The Kier molecular flexibility index (Phi) is 1350. The Labute approximate surface area is 45.4 Å². The minimum atomic E-state index is 0. The third-order valence-corrected chi connectivity index (χ3v) is 0. The van der Waals surface area contributed by atoms with Gasteiger partial charge in [-0.25, -0.2) is 0 Å². The average Bonchev–Trinajstić information content (AvgIpc) is 0. The van der Waals surface area contributed by atoms with Gasteiger partial charge in [0.2, 0.25) is 0 Å². The van der Waals surface area contributed by atoms with E-state index in [2.05, 4.69) is 0 Å². The zero-order valence-electron chi connectivity index (χ0n) is 1.08. The molecule has 2 heteroatoms. The smallest absolute Gasteiger partial charge is 0 e. The summed E-state index contributed by atoms with van der Waals surface area (Å²) in [5.41, 5.74) is 0. The molecule has 0 aromatic rings. The van der Waals surface area contributed by atoms with E-state index in [1.165, 1.54) is 0 Å². The van der Waals surface area contributed by atoms with Gasteiger partial charge in [0.15, 0.2) is 0 Å². The van der Waals surface area contributed by atoms with E-state index in [4.69, 9.17) is 0 Å². The SMILES string of the molecule is C.C.[B].[Ti]. The third kappa shape index (κ3) is 14.5. The number of hydrogen-bond donors (Lipinski definition) is 0. The second-order valence-electron chi connectivity index (χ2n) is 0. The maximum Gasteiger partial charge on any atom is 0 e. The van der Waals surface area contributed by atoms with Crippen LogP contribution >= 0.6 is 0 Å². The topological polar surface area (TPSA) is 0 Å². The number of rotatable bonds is 0. The molecule has 0 aliphatic heterocycles. The first-order valence-corrected chi connectivity index (χ1v) is 0. The molecule has 0 aromatic heterocycles. The molecule has 0 fully saturated rings. The van der Waals surface area contributed by atoms with Crippen molar-refractivity contribution in [1.29, 1.82) is 0 Å². The molecule has 0 aliphatic rings. The molecule has 0 N–H and O–H groups in total. The van der Waals surface area contributed by atoms with Crippen molar-refractivity contribution >= 4 is 8.41 Å². The Bertz CT molecular complexity index is 6.00. The summed E-state index contributed by atoms with van der Waals surface area (Å²) in [4.78, 5) is 0. The monoisotopic (exact) mass is 91.0 g/mol. The van der Waals surface area contributed by atoms with Crippen LogP contribution in [0.15, 0.2) is 0 Å². The zero-order chi connectivity index (χ0) is 0. The summed E-state index contributed by atoms with van der Waals surface area (Å²) in [6, 6.07) is 0. The van der Waals surface area contributed by atoms with E-state index in [0.717, 1.165) is 0 Å². The fourth-order valence-corrected chi connectivity index (χ4v) is 0. The number of hydrogen-bond acceptors (Lipinski definition) is 0. The minimum absolute atomic E-state index is 0. The van der Waals surface area contributed by atoms with Crippen molar-refractivity contribution in [2.75, 3.05) is 0 Å². The first-order valence-electron chi connectivity index (χ1n) is 0. The van der Waals surface area contributed by atoms with Gasteiger partial charge >= 0.3 is 0 Å². The predicted octanol–water partition coefficient (Wildman–Crippen LogP) is 0.889. The molecule has 0 heterocycles. The van der Waals surface area contributed by atoms with E-state index in [-0.39, 0.29) is 45.0 Å². The maximum absolute atomic E-state index is 0. The van der Waals surface area contributed by atoms with Crippen molar-refractivity contribution < 1.29 is 21.7 Å². The van der Waals surface area contributed by atoms with Crippen molar-refractivity contribution in [2.24, 2.45) is 0 Å². The van der Waals surface area contributed by atoms with Gasteiger partial charge in [0.25, 0.3) is 0 Å². The molecular weight excluding hydrogens is 82.7 g/mol. The van der Waals surface area contributed by atoms with Gasteiger partial charge in [-0.05, 0) is 0 Å². The first kappa shape index (κ1) is 112. The van der Waals surface area contributed by atoms with Crippen LogP contribution in [-0.2, 0) is 21.7 Å². The molecule has 0 aromatic carbocycles. The van der Waals surface area contributed by atoms with Crippen molar-refractivity contribution in [3.8, 4) is 0 Å². The Morgan fingerprint density at radius 1 is 0.750 bits per heavy atom. The molecule has 0 amide bonds. The molecule has 23 valence electrons. The molecule has 0 saturated carbocycles. The minimum Gasteiger partial charge on any atom is -0.0776 e. The summed E-state index contributed by atoms with van der Waals surface area (Å²) >= 11 is 0. The normalized spacial score (nSPS) is 0. The Balaban J connectivity index is 0. The maximum atomic E-state index is 0. The Morgan fingerprint density at radius 3 is 0.750 bits per heavy atom. The standard InChI is InChI=1S/2CH4.B.Ti/h2*1H4;;. The van der Waals surface area contributed by atoms with Gasteiger partial charge in [-0.1, -0.05) is 14.9 Å². The van der Waals surface area contributed by atoms with Gasteiger partial charge < -0.3 is 0 Å². The van der Waals surface area contributed by atoms with Crippen molar-refractivity contribution in [3.05, 3.63) is 0 Å². The summed E-state index contributed by atoms with van der Waals surface area (Å²) in [5, 5.41) is 0. The van der Waals surface area contributed by atoms with Gasteiger partial charge in [0.05, 0.1) is 0 Å². The summed E-state index contributed by atoms with van der Waals surface area (Å²) in [6.07, 6.45) is 0. The van der Waals surface area contributed by atoms with Gasteiger partial charge in [-0.15, -0.1) is 0 Å². The predicted molar refractivity (Wildman–Crippen MR) is 19.2 cm³/mol. The molecule has 0 spiro atoms. The van der Waals surface area contributed by atoms with Crippen LogP contribution in [0.3, 0.4) is 0 Å². The molecule has 0 bridgehead atoms. The van der Waals surface area contributed by atoms with Crippen LogP contribution in [0.5, 0.6) is 0 Å². The van der Waals surface area contributed by atoms with Crippen molar-refractivity contribution in [3.63, 3.8) is 0 Å². The van der Waals surface area contributed by atoms with Gasteiger partial charge in [0.1, 0.15) is 0 Å². The first-order chi connectivity index (χ1) is 0. The quantitative estimate of drug-likeness (QED) is 0.388. The van der Waals surface area contributed by atoms with Gasteiger partial charge in [0, 0.05) is 30.1 Å². The second-order valence-corrected chi connectivity index (χ2v) is 0. The molecule has 0 saturated heterocycles. The van der Waals surface area contributed by atoms with Crippen LogP contribution in [0, 0.1) is 0 Å². The fraction of sp³-hybridized carbons (Fsp3) is 1.00. The molecule has 0 nitrogen and oxygen atoms in total. The molecule has 0 atom stereocenters. The van der Waals surface area contributed by atoms with E-state index >= 15 is 0 Å². The molecule has 3 radical (unpaired) electrons. The molecule has 0 unspecified atom stereocenters. The van der Waals surface area contributed by atoms with Gasteiger partial charge in [-0.3, -0.25) is 0 Å². The van der Waals surface area contributed by atoms with Crippen LogP contribution < -0.4 is 0 Å². The fourth-order valence-electron chi connectivity index (χ4n) is 0. The van der Waals surface area contributed by atoms with Crippen LogP contribution in [-0.4, -0.2) is 8.41 Å². The summed E-state index contributed by atoms with van der Waals surface area (Å²) < 4.78 is 0. The van der Waals surface area contributed by atoms with E-state index in [0.29, 0.717) is 0 Å². The van der Waals surface area contributed by atoms with Crippen LogP contribution in [0.25, 0.3) is 0 Å². The van der Waals surface area contributed by atoms with Crippen LogP contribution in [0.1, 0.15) is 14.9 Å². The average molecular weight is 90.8 g/mol. The van der Waals surface area contributed by atoms with Gasteiger partial charge in [-0.2, -0.15) is 0 Å². The summed E-state index contributed by atoms with van der Waals surface area (Å²) in [6.45, 7) is 0. The molecular formula is C2H8BTi. The van der Waals surface area contributed by atoms with E-state index < -0.39 is 0 Å². The summed E-state index contributed by atoms with van der Waals surface area (Å²) in [7, 11) is 0. The second kappa shape index (κ2) is 48.1. The van der Waals surface area contributed by atoms with Crippen molar-refractivity contribution in [1.82, 2.24) is 0 Å². The Morgan fingerprint density at radius 2 is 0.750 bits per heavy atom. The van der Waals surface area contributed by atoms with Crippen molar-refractivity contribution in [2.45, 2.75) is 14.9 Å². The molecule has 0 rings (SSSR count). The van der Waals surface area contributed by atoms with E-state index in [1.807, 2.05) is 0 Å². The van der Waals surface area contributed by atoms with Crippen LogP contribution in [0.4, 0.5) is 0 Å². The zero-order valence-corrected chi connectivity index (χ0v) is 2.64. The van der Waals surface area contributed by atoms with E-state index in [1.54, 1.807) is 0 Å². The largest absolute Gasteiger partial charge is 0.0776 e. The molecule has 0 aliphatic carbocycles.